The van der Waals surface area contributed by atoms with Crippen molar-refractivity contribution in [3.63, 3.8) is 0 Å². The first-order chi connectivity index (χ1) is 6.84. The van der Waals surface area contributed by atoms with E-state index in [0.717, 1.165) is 17.7 Å². The predicted molar refractivity (Wildman–Crippen MR) is 54.2 cm³/mol. The van der Waals surface area contributed by atoms with E-state index in [2.05, 4.69) is 4.98 Å². The standard InChI is InChI=1S/C10H13NO2S/c12-8-1-3-9(4-2-8)13-6-10-5-11-7-14-10/h5,7,9H,1-4,6H2. The lowest BCUT2D eigenvalue weighted by atomic mass is 9.96. The molecule has 14 heavy (non-hydrogen) atoms. The Labute approximate surface area is 87.1 Å². The van der Waals surface area contributed by atoms with Gasteiger partial charge in [-0.05, 0) is 12.8 Å². The molecule has 2 rings (SSSR count). The molecule has 1 aromatic rings. The number of thiazole rings is 1. The summed E-state index contributed by atoms with van der Waals surface area (Å²) >= 11 is 1.61. The molecule has 4 heteroatoms. The van der Waals surface area contributed by atoms with Crippen LogP contribution < -0.4 is 0 Å². The molecule has 1 aliphatic rings. The maximum atomic E-state index is 11.0. The SMILES string of the molecule is O=C1CCC(OCc2cncs2)CC1. The van der Waals surface area contributed by atoms with Crippen LogP contribution in [-0.2, 0) is 16.1 Å². The number of Topliss-reactive ketones (excluding diaryl/α,β-unsaturated/α-hetero) is 1. The van der Waals surface area contributed by atoms with Crippen LogP contribution in [0.25, 0.3) is 0 Å². The van der Waals surface area contributed by atoms with E-state index in [1.165, 1.54) is 0 Å². The minimum absolute atomic E-state index is 0.273. The molecule has 76 valence electrons. The average molecular weight is 211 g/mol. The lowest BCUT2D eigenvalue weighted by molar-refractivity contribution is -0.123. The third-order valence-electron chi connectivity index (χ3n) is 2.44. The van der Waals surface area contributed by atoms with Crippen LogP contribution in [0, 0.1) is 0 Å². The molecule has 0 aromatic carbocycles. The Morgan fingerprint density at radius 1 is 1.50 bits per heavy atom. The van der Waals surface area contributed by atoms with E-state index in [1.54, 1.807) is 11.3 Å². The van der Waals surface area contributed by atoms with Gasteiger partial charge in [0.1, 0.15) is 5.78 Å². The third-order valence-corrected chi connectivity index (χ3v) is 3.19. The van der Waals surface area contributed by atoms with Crippen LogP contribution in [0.4, 0.5) is 0 Å². The second-order valence-corrected chi connectivity index (χ2v) is 4.49. The largest absolute Gasteiger partial charge is 0.373 e. The molecule has 0 N–H and O–H groups in total. The number of ketones is 1. The lowest BCUT2D eigenvalue weighted by Gasteiger charge is -2.20. The summed E-state index contributed by atoms with van der Waals surface area (Å²) in [6.45, 7) is 0.642. The van der Waals surface area contributed by atoms with Gasteiger partial charge in [0, 0.05) is 19.0 Å². The summed E-state index contributed by atoms with van der Waals surface area (Å²) in [5.74, 6) is 0.377. The van der Waals surface area contributed by atoms with Crippen molar-refractivity contribution in [1.29, 1.82) is 0 Å². The second-order valence-electron chi connectivity index (χ2n) is 3.52. The molecule has 0 aliphatic heterocycles. The summed E-state index contributed by atoms with van der Waals surface area (Å²) in [6.07, 6.45) is 5.25. The van der Waals surface area contributed by atoms with Crippen LogP contribution >= 0.6 is 11.3 Å². The zero-order valence-corrected chi connectivity index (χ0v) is 8.76. The Kier molecular flexibility index (Phi) is 3.26. The first kappa shape index (κ1) is 9.80. The number of ether oxygens (including phenoxy) is 1. The first-order valence-electron chi connectivity index (χ1n) is 4.85. The molecule has 1 heterocycles. The highest BCUT2D eigenvalue weighted by atomic mass is 32.1. The maximum absolute atomic E-state index is 11.0. The van der Waals surface area contributed by atoms with E-state index in [-0.39, 0.29) is 6.10 Å². The number of hydrogen-bond acceptors (Lipinski definition) is 4. The van der Waals surface area contributed by atoms with Crippen LogP contribution in [0.2, 0.25) is 0 Å². The van der Waals surface area contributed by atoms with Crippen LogP contribution in [0.3, 0.4) is 0 Å². The number of nitrogens with zero attached hydrogens (tertiary/aromatic N) is 1. The molecular weight excluding hydrogens is 198 g/mol. The maximum Gasteiger partial charge on any atom is 0.133 e. The van der Waals surface area contributed by atoms with E-state index in [4.69, 9.17) is 4.74 Å². The normalized spacial score (nSPS) is 18.7. The molecule has 1 aromatic heterocycles. The zero-order chi connectivity index (χ0) is 9.80. The van der Waals surface area contributed by atoms with Crippen LogP contribution in [0.5, 0.6) is 0 Å². The van der Waals surface area contributed by atoms with Gasteiger partial charge in [-0.3, -0.25) is 9.78 Å². The van der Waals surface area contributed by atoms with Gasteiger partial charge in [-0.15, -0.1) is 11.3 Å². The van der Waals surface area contributed by atoms with Crippen molar-refractivity contribution in [2.75, 3.05) is 0 Å². The van der Waals surface area contributed by atoms with Crippen molar-refractivity contribution >= 4 is 17.1 Å². The van der Waals surface area contributed by atoms with Crippen molar-refractivity contribution in [1.82, 2.24) is 4.98 Å². The van der Waals surface area contributed by atoms with Gasteiger partial charge in [0.25, 0.3) is 0 Å². The van der Waals surface area contributed by atoms with E-state index in [9.17, 15) is 4.79 Å². The monoisotopic (exact) mass is 211 g/mol. The van der Waals surface area contributed by atoms with Gasteiger partial charge in [0.2, 0.25) is 0 Å². The number of carbonyl (C=O) groups is 1. The van der Waals surface area contributed by atoms with Crippen LogP contribution in [0.15, 0.2) is 11.7 Å². The zero-order valence-electron chi connectivity index (χ0n) is 7.94. The Morgan fingerprint density at radius 3 is 2.93 bits per heavy atom. The Hall–Kier alpha value is -0.740. The van der Waals surface area contributed by atoms with Gasteiger partial charge in [-0.2, -0.15) is 0 Å². The summed E-state index contributed by atoms with van der Waals surface area (Å²) in [6, 6.07) is 0. The topological polar surface area (TPSA) is 39.2 Å². The second kappa shape index (κ2) is 4.66. The molecule has 0 radical (unpaired) electrons. The number of carbonyl (C=O) groups excluding carboxylic acids is 1. The summed E-state index contributed by atoms with van der Waals surface area (Å²) in [7, 11) is 0. The number of rotatable bonds is 3. The number of hydrogen-bond donors (Lipinski definition) is 0. The van der Waals surface area contributed by atoms with Gasteiger partial charge in [0.05, 0.1) is 23.1 Å². The van der Waals surface area contributed by atoms with Gasteiger partial charge < -0.3 is 4.74 Å². The first-order valence-corrected chi connectivity index (χ1v) is 5.73. The van der Waals surface area contributed by atoms with Gasteiger partial charge >= 0.3 is 0 Å². The molecule has 0 amide bonds. The van der Waals surface area contributed by atoms with Crippen molar-refractivity contribution in [2.24, 2.45) is 0 Å². The fourth-order valence-corrected chi connectivity index (χ4v) is 2.11. The quantitative estimate of drug-likeness (QED) is 0.769. The fourth-order valence-electron chi connectivity index (χ4n) is 1.59. The highest BCUT2D eigenvalue weighted by molar-refractivity contribution is 7.09. The molecular formula is C10H13NO2S. The summed E-state index contributed by atoms with van der Waals surface area (Å²) in [4.78, 5) is 16.1. The van der Waals surface area contributed by atoms with Crippen LogP contribution in [-0.4, -0.2) is 16.9 Å². The highest BCUT2D eigenvalue weighted by Crippen LogP contribution is 2.19. The van der Waals surface area contributed by atoms with E-state index in [0.29, 0.717) is 25.2 Å². The average Bonchev–Trinajstić information content (AvgIpc) is 2.70. The van der Waals surface area contributed by atoms with Gasteiger partial charge in [-0.25, -0.2) is 0 Å². The fraction of sp³-hybridized carbons (Fsp3) is 0.600. The van der Waals surface area contributed by atoms with Crippen LogP contribution in [0.1, 0.15) is 30.6 Å². The molecule has 0 spiro atoms. The van der Waals surface area contributed by atoms with Crippen molar-refractivity contribution in [3.05, 3.63) is 16.6 Å². The summed E-state index contributed by atoms with van der Waals surface area (Å²) < 4.78 is 5.69. The van der Waals surface area contributed by atoms with Crippen molar-refractivity contribution < 1.29 is 9.53 Å². The minimum atomic E-state index is 0.273. The van der Waals surface area contributed by atoms with Gasteiger partial charge in [0.15, 0.2) is 0 Å². The highest BCUT2D eigenvalue weighted by Gasteiger charge is 2.18. The van der Waals surface area contributed by atoms with E-state index < -0.39 is 0 Å². The third kappa shape index (κ3) is 2.62. The molecule has 0 unspecified atom stereocenters. The number of aromatic nitrogens is 1. The van der Waals surface area contributed by atoms with Crippen molar-refractivity contribution in [2.45, 2.75) is 38.4 Å². The molecule has 1 aliphatic carbocycles. The molecule has 3 nitrogen and oxygen atoms in total. The predicted octanol–water partition coefficient (Wildman–Crippen LogP) is 2.17. The summed E-state index contributed by atoms with van der Waals surface area (Å²) in [5, 5.41) is 0. The Morgan fingerprint density at radius 2 is 2.29 bits per heavy atom. The van der Waals surface area contributed by atoms with Crippen molar-refractivity contribution in [3.8, 4) is 0 Å². The molecule has 0 saturated heterocycles. The van der Waals surface area contributed by atoms with E-state index in [1.807, 2.05) is 11.7 Å². The molecule has 0 atom stereocenters. The Bertz CT molecular complexity index is 287. The smallest absolute Gasteiger partial charge is 0.133 e. The molecule has 1 saturated carbocycles. The van der Waals surface area contributed by atoms with Gasteiger partial charge in [-0.1, -0.05) is 0 Å². The molecule has 1 fully saturated rings. The molecule has 0 bridgehead atoms. The minimum Gasteiger partial charge on any atom is -0.373 e. The summed E-state index contributed by atoms with van der Waals surface area (Å²) in [5.41, 5.74) is 1.81. The Balaban J connectivity index is 1.73. The lowest BCUT2D eigenvalue weighted by Crippen LogP contribution is -2.21. The van der Waals surface area contributed by atoms with E-state index >= 15 is 0 Å².